The summed E-state index contributed by atoms with van der Waals surface area (Å²) in [6.45, 7) is 1.74. The molecule has 2 N–H and O–H groups in total. The van der Waals surface area contributed by atoms with Gasteiger partial charge in [0.1, 0.15) is 12.2 Å². The van der Waals surface area contributed by atoms with Crippen LogP contribution in [0.3, 0.4) is 0 Å². The maximum absolute atomic E-state index is 9.94. The quantitative estimate of drug-likeness (QED) is 0.761. The molecule has 90 valence electrons. The van der Waals surface area contributed by atoms with Gasteiger partial charge in [0.05, 0.1) is 23.5 Å². The molecule has 5 nitrogen and oxygen atoms in total. The lowest BCUT2D eigenvalue weighted by molar-refractivity contribution is -0.0296. The highest BCUT2D eigenvalue weighted by atomic mass is 16.6. The lowest BCUT2D eigenvalue weighted by atomic mass is 10.1. The van der Waals surface area contributed by atoms with Gasteiger partial charge in [0, 0.05) is 0 Å². The van der Waals surface area contributed by atoms with E-state index in [1.165, 1.54) is 0 Å². The molecule has 2 heterocycles. The molecule has 4 atom stereocenters. The van der Waals surface area contributed by atoms with E-state index in [0.717, 1.165) is 11.0 Å². The molecule has 0 aliphatic carbocycles. The SMILES string of the molecule is C[C@H]1O[C@H](n2cnc3ccccc32)[C@@H](O)[C@H]1O. The number of nitrogens with zero attached hydrogens (tertiary/aromatic N) is 2. The third-order valence-electron chi connectivity index (χ3n) is 3.23. The Bertz CT molecular complexity index is 539. The van der Waals surface area contributed by atoms with Gasteiger partial charge in [-0.3, -0.25) is 0 Å². The Morgan fingerprint density at radius 3 is 2.71 bits per heavy atom. The van der Waals surface area contributed by atoms with E-state index in [1.54, 1.807) is 17.8 Å². The van der Waals surface area contributed by atoms with Gasteiger partial charge in [0.25, 0.3) is 0 Å². The number of aliphatic hydroxyl groups excluding tert-OH is 2. The number of para-hydroxylation sites is 2. The Balaban J connectivity index is 2.05. The van der Waals surface area contributed by atoms with Gasteiger partial charge < -0.3 is 19.5 Å². The smallest absolute Gasteiger partial charge is 0.164 e. The predicted molar refractivity (Wildman–Crippen MR) is 61.3 cm³/mol. The van der Waals surface area contributed by atoms with Crippen molar-refractivity contribution in [2.45, 2.75) is 31.5 Å². The Morgan fingerprint density at radius 2 is 2.00 bits per heavy atom. The van der Waals surface area contributed by atoms with Crippen molar-refractivity contribution in [2.24, 2.45) is 0 Å². The summed E-state index contributed by atoms with van der Waals surface area (Å²) in [5.41, 5.74) is 1.73. The second-order valence-corrected chi connectivity index (χ2v) is 4.35. The molecule has 2 aromatic rings. The van der Waals surface area contributed by atoms with Crippen LogP contribution in [0.2, 0.25) is 0 Å². The molecule has 0 bridgehead atoms. The highest BCUT2D eigenvalue weighted by molar-refractivity contribution is 5.75. The summed E-state index contributed by atoms with van der Waals surface area (Å²) in [4.78, 5) is 4.24. The van der Waals surface area contributed by atoms with Crippen molar-refractivity contribution in [3.63, 3.8) is 0 Å². The fraction of sp³-hybridized carbons (Fsp3) is 0.417. The van der Waals surface area contributed by atoms with Gasteiger partial charge in [-0.1, -0.05) is 12.1 Å². The second kappa shape index (κ2) is 3.80. The number of hydrogen-bond acceptors (Lipinski definition) is 4. The zero-order chi connectivity index (χ0) is 12.0. The second-order valence-electron chi connectivity index (χ2n) is 4.35. The lowest BCUT2D eigenvalue weighted by Gasteiger charge is -2.16. The maximum Gasteiger partial charge on any atom is 0.164 e. The maximum atomic E-state index is 9.94. The van der Waals surface area contributed by atoms with E-state index in [9.17, 15) is 10.2 Å². The van der Waals surface area contributed by atoms with Crippen molar-refractivity contribution >= 4 is 11.0 Å². The molecule has 17 heavy (non-hydrogen) atoms. The van der Waals surface area contributed by atoms with E-state index >= 15 is 0 Å². The molecule has 0 saturated carbocycles. The van der Waals surface area contributed by atoms with E-state index in [2.05, 4.69) is 4.98 Å². The number of aliphatic hydroxyl groups is 2. The van der Waals surface area contributed by atoms with E-state index in [0.29, 0.717) is 0 Å². The molecule has 1 saturated heterocycles. The largest absolute Gasteiger partial charge is 0.388 e. The third-order valence-corrected chi connectivity index (χ3v) is 3.23. The number of fused-ring (bicyclic) bond motifs is 1. The van der Waals surface area contributed by atoms with Crippen LogP contribution in [0.25, 0.3) is 11.0 Å². The Hall–Kier alpha value is -1.43. The Kier molecular flexibility index (Phi) is 2.39. The highest BCUT2D eigenvalue weighted by Gasteiger charge is 2.41. The minimum absolute atomic E-state index is 0.379. The van der Waals surface area contributed by atoms with Gasteiger partial charge in [0.2, 0.25) is 0 Å². The average Bonchev–Trinajstić information content (AvgIpc) is 2.86. The molecular formula is C12H14N2O3. The van der Waals surface area contributed by atoms with Crippen LogP contribution in [-0.2, 0) is 4.74 Å². The summed E-state index contributed by atoms with van der Waals surface area (Å²) in [5, 5.41) is 19.6. The fourth-order valence-corrected chi connectivity index (χ4v) is 2.24. The van der Waals surface area contributed by atoms with E-state index < -0.39 is 18.4 Å². The average molecular weight is 234 g/mol. The molecule has 1 aromatic carbocycles. The fourth-order valence-electron chi connectivity index (χ4n) is 2.24. The molecule has 0 amide bonds. The molecule has 1 aromatic heterocycles. The van der Waals surface area contributed by atoms with E-state index in [4.69, 9.17) is 4.74 Å². The highest BCUT2D eigenvalue weighted by Crippen LogP contribution is 2.31. The summed E-state index contributed by atoms with van der Waals surface area (Å²) < 4.78 is 7.32. The van der Waals surface area contributed by atoms with Crippen LogP contribution in [-0.4, -0.2) is 38.1 Å². The van der Waals surface area contributed by atoms with Crippen LogP contribution in [0.1, 0.15) is 13.2 Å². The topological polar surface area (TPSA) is 67.5 Å². The molecule has 0 radical (unpaired) electrons. The van der Waals surface area contributed by atoms with Gasteiger partial charge in [-0.05, 0) is 19.1 Å². The molecule has 3 rings (SSSR count). The first-order chi connectivity index (χ1) is 8.18. The summed E-state index contributed by atoms with van der Waals surface area (Å²) in [6.07, 6.45) is -1.11. The molecule has 0 unspecified atom stereocenters. The van der Waals surface area contributed by atoms with Crippen molar-refractivity contribution in [2.75, 3.05) is 0 Å². The number of hydrogen-bond donors (Lipinski definition) is 2. The monoisotopic (exact) mass is 234 g/mol. The van der Waals surface area contributed by atoms with Gasteiger partial charge >= 0.3 is 0 Å². The number of ether oxygens (including phenoxy) is 1. The van der Waals surface area contributed by atoms with Gasteiger partial charge in [-0.15, -0.1) is 0 Å². The van der Waals surface area contributed by atoms with Gasteiger partial charge in [0.15, 0.2) is 6.23 Å². The normalized spacial score (nSPS) is 33.4. The minimum Gasteiger partial charge on any atom is -0.388 e. The van der Waals surface area contributed by atoms with Crippen LogP contribution >= 0.6 is 0 Å². The lowest BCUT2D eigenvalue weighted by Crippen LogP contribution is -2.30. The molecule has 1 aliphatic heterocycles. The summed E-state index contributed by atoms with van der Waals surface area (Å²) in [7, 11) is 0. The van der Waals surface area contributed by atoms with Crippen molar-refractivity contribution in [1.82, 2.24) is 9.55 Å². The van der Waals surface area contributed by atoms with Crippen molar-refractivity contribution in [3.8, 4) is 0 Å². The summed E-state index contributed by atoms with van der Waals surface area (Å²) in [6, 6.07) is 7.62. The first-order valence-electron chi connectivity index (χ1n) is 5.61. The summed E-state index contributed by atoms with van der Waals surface area (Å²) >= 11 is 0. The zero-order valence-electron chi connectivity index (χ0n) is 9.39. The van der Waals surface area contributed by atoms with Crippen LogP contribution in [0.4, 0.5) is 0 Å². The van der Waals surface area contributed by atoms with Crippen molar-refractivity contribution in [3.05, 3.63) is 30.6 Å². The third kappa shape index (κ3) is 1.55. The molecular weight excluding hydrogens is 220 g/mol. The van der Waals surface area contributed by atoms with E-state index in [-0.39, 0.29) is 6.10 Å². The predicted octanol–water partition coefficient (Wildman–Crippen LogP) is 0.675. The minimum atomic E-state index is -0.928. The summed E-state index contributed by atoms with van der Waals surface area (Å²) in [5.74, 6) is 0. The number of benzene rings is 1. The van der Waals surface area contributed by atoms with Crippen molar-refractivity contribution in [1.29, 1.82) is 0 Å². The van der Waals surface area contributed by atoms with Crippen molar-refractivity contribution < 1.29 is 14.9 Å². The number of imidazole rings is 1. The van der Waals surface area contributed by atoms with Gasteiger partial charge in [-0.2, -0.15) is 0 Å². The van der Waals surface area contributed by atoms with Crippen LogP contribution in [0, 0.1) is 0 Å². The van der Waals surface area contributed by atoms with Gasteiger partial charge in [-0.25, -0.2) is 4.98 Å². The van der Waals surface area contributed by atoms with Crippen LogP contribution in [0.15, 0.2) is 30.6 Å². The first-order valence-corrected chi connectivity index (χ1v) is 5.61. The standard InChI is InChI=1S/C12H14N2O3/c1-7-10(15)11(16)12(17-7)14-6-13-8-4-2-3-5-9(8)14/h2-7,10-12,15-16H,1H3/t7-,10+,11+,12+/m1/s1. The molecule has 1 fully saturated rings. The van der Waals surface area contributed by atoms with Crippen LogP contribution in [0.5, 0.6) is 0 Å². The number of rotatable bonds is 1. The van der Waals surface area contributed by atoms with Crippen LogP contribution < -0.4 is 0 Å². The first kappa shape index (κ1) is 10.7. The Labute approximate surface area is 98.3 Å². The molecule has 1 aliphatic rings. The zero-order valence-corrected chi connectivity index (χ0v) is 9.39. The number of aromatic nitrogens is 2. The molecule has 0 spiro atoms. The molecule has 5 heteroatoms. The van der Waals surface area contributed by atoms with E-state index in [1.807, 2.05) is 24.3 Å². The Morgan fingerprint density at radius 1 is 1.24 bits per heavy atom.